The minimum atomic E-state index is -1.30. The number of hydrogen-bond donors (Lipinski definition) is 1. The van der Waals surface area contributed by atoms with Gasteiger partial charge in [-0.15, -0.1) is 0 Å². The molecule has 6 heteroatoms. The molecule has 28 heavy (non-hydrogen) atoms. The number of nitrogens with zero attached hydrogens (tertiary/aromatic N) is 1. The van der Waals surface area contributed by atoms with Crippen molar-refractivity contribution in [2.75, 3.05) is 14.2 Å². The summed E-state index contributed by atoms with van der Waals surface area (Å²) in [6.07, 6.45) is 0. The van der Waals surface area contributed by atoms with E-state index in [9.17, 15) is 14.4 Å². The zero-order valence-electron chi connectivity index (χ0n) is 16.1. The Morgan fingerprint density at radius 2 is 1.68 bits per heavy atom. The normalized spacial score (nSPS) is 29.1. The van der Waals surface area contributed by atoms with E-state index in [2.05, 4.69) is 0 Å². The summed E-state index contributed by atoms with van der Waals surface area (Å²) in [6.45, 7) is 1.98. The highest BCUT2D eigenvalue weighted by molar-refractivity contribution is 6.08. The molecule has 4 rings (SSSR count). The highest BCUT2D eigenvalue weighted by Gasteiger charge is 2.72. The van der Waals surface area contributed by atoms with Crippen molar-refractivity contribution >= 4 is 17.8 Å². The van der Waals surface area contributed by atoms with Crippen molar-refractivity contribution in [3.05, 3.63) is 71.3 Å². The molecule has 2 aliphatic heterocycles. The van der Waals surface area contributed by atoms with Gasteiger partial charge in [0.2, 0.25) is 17.4 Å². The molecule has 2 amide bonds. The molecule has 0 radical (unpaired) electrons. The van der Waals surface area contributed by atoms with Crippen molar-refractivity contribution in [3.8, 4) is 0 Å². The third kappa shape index (κ3) is 2.34. The van der Waals surface area contributed by atoms with E-state index in [4.69, 9.17) is 4.74 Å². The Hall–Kier alpha value is -2.99. The monoisotopic (exact) mass is 379 g/mol. The number of quaternary nitrogens is 1. The highest BCUT2D eigenvalue weighted by Crippen LogP contribution is 2.48. The van der Waals surface area contributed by atoms with Gasteiger partial charge in [-0.1, -0.05) is 54.6 Å². The summed E-state index contributed by atoms with van der Waals surface area (Å²) in [7, 11) is 2.81. The number of rotatable bonds is 3. The molecule has 2 aromatic carbocycles. The van der Waals surface area contributed by atoms with Crippen molar-refractivity contribution in [1.29, 1.82) is 0 Å². The van der Waals surface area contributed by atoms with Gasteiger partial charge in [0.05, 0.1) is 7.11 Å². The van der Waals surface area contributed by atoms with Crippen LogP contribution in [-0.4, -0.2) is 36.8 Å². The highest BCUT2D eigenvalue weighted by atomic mass is 16.5. The number of benzene rings is 2. The van der Waals surface area contributed by atoms with Crippen LogP contribution in [0.4, 0.5) is 0 Å². The van der Waals surface area contributed by atoms with E-state index in [1.54, 1.807) is 0 Å². The Morgan fingerprint density at radius 1 is 1.04 bits per heavy atom. The van der Waals surface area contributed by atoms with Crippen molar-refractivity contribution in [2.24, 2.45) is 11.8 Å². The van der Waals surface area contributed by atoms with Crippen LogP contribution in [0.3, 0.4) is 0 Å². The summed E-state index contributed by atoms with van der Waals surface area (Å²) >= 11 is 0. The lowest BCUT2D eigenvalue weighted by atomic mass is 9.75. The number of likely N-dealkylation sites (tertiary alicyclic amines) is 1. The van der Waals surface area contributed by atoms with Gasteiger partial charge in [0, 0.05) is 18.2 Å². The first-order valence-electron chi connectivity index (χ1n) is 9.30. The van der Waals surface area contributed by atoms with E-state index in [0.717, 1.165) is 16.0 Å². The van der Waals surface area contributed by atoms with Gasteiger partial charge in [-0.25, -0.2) is 4.79 Å². The summed E-state index contributed by atoms with van der Waals surface area (Å²) in [5.74, 6) is -2.54. The standard InChI is InChI=1S/C22H22N2O4/c1-13-9-7-8-12-15(13)18-16-17(20(26)24(2)19(16)25)22(23-18,21(27)28-3)14-10-5-4-6-11-14/h4-12,16-18,23H,1-3H3/p+1/t16-,17+,18-,22+/m1/s1. The lowest BCUT2D eigenvalue weighted by molar-refractivity contribution is -0.742. The number of aryl methyl sites for hydroxylation is 1. The first-order valence-corrected chi connectivity index (χ1v) is 9.30. The van der Waals surface area contributed by atoms with Crippen LogP contribution in [0.15, 0.2) is 54.6 Å². The molecule has 2 heterocycles. The number of ether oxygens (including phenoxy) is 1. The number of esters is 1. The fraction of sp³-hybridized carbons (Fsp3) is 0.318. The van der Waals surface area contributed by atoms with Crippen LogP contribution in [0.1, 0.15) is 22.7 Å². The van der Waals surface area contributed by atoms with Crippen LogP contribution in [0.2, 0.25) is 0 Å². The molecule has 4 atom stereocenters. The number of nitrogens with two attached hydrogens (primary N) is 1. The molecular formula is C22H23N2O4+. The Labute approximate surface area is 163 Å². The Bertz CT molecular complexity index is 958. The van der Waals surface area contributed by atoms with E-state index < -0.39 is 23.3 Å². The summed E-state index contributed by atoms with van der Waals surface area (Å²) in [5, 5.41) is 1.87. The topological polar surface area (TPSA) is 80.3 Å². The number of carbonyl (C=O) groups is 3. The zero-order valence-corrected chi connectivity index (χ0v) is 16.1. The fourth-order valence-electron chi connectivity index (χ4n) is 4.88. The van der Waals surface area contributed by atoms with Gasteiger partial charge in [0.25, 0.3) is 0 Å². The molecule has 0 aromatic heterocycles. The minimum Gasteiger partial charge on any atom is -0.464 e. The predicted molar refractivity (Wildman–Crippen MR) is 101 cm³/mol. The van der Waals surface area contributed by atoms with Crippen molar-refractivity contribution in [3.63, 3.8) is 0 Å². The van der Waals surface area contributed by atoms with Gasteiger partial charge in [-0.3, -0.25) is 14.5 Å². The molecule has 0 aliphatic carbocycles. The molecule has 0 bridgehead atoms. The fourth-order valence-corrected chi connectivity index (χ4v) is 4.88. The molecule has 0 unspecified atom stereocenters. The maximum absolute atomic E-state index is 13.2. The van der Waals surface area contributed by atoms with Crippen LogP contribution < -0.4 is 5.32 Å². The maximum atomic E-state index is 13.2. The molecule has 0 spiro atoms. The molecule has 144 valence electrons. The second-order valence-corrected chi connectivity index (χ2v) is 7.51. The molecule has 2 saturated heterocycles. The number of fused-ring (bicyclic) bond motifs is 1. The van der Waals surface area contributed by atoms with Crippen molar-refractivity contribution in [2.45, 2.75) is 18.5 Å². The van der Waals surface area contributed by atoms with E-state index in [0.29, 0.717) is 5.56 Å². The average molecular weight is 379 g/mol. The van der Waals surface area contributed by atoms with E-state index in [-0.39, 0.29) is 17.9 Å². The largest absolute Gasteiger partial charge is 0.464 e. The summed E-state index contributed by atoms with van der Waals surface area (Å²) in [6, 6.07) is 16.6. The number of methoxy groups -OCH3 is 1. The van der Waals surface area contributed by atoms with Gasteiger partial charge >= 0.3 is 5.97 Å². The van der Waals surface area contributed by atoms with Gasteiger partial charge in [-0.05, 0) is 12.5 Å². The minimum absolute atomic E-state index is 0.249. The first kappa shape index (κ1) is 18.4. The van der Waals surface area contributed by atoms with Gasteiger partial charge in [0.15, 0.2) is 0 Å². The quantitative estimate of drug-likeness (QED) is 0.635. The van der Waals surface area contributed by atoms with Crippen LogP contribution >= 0.6 is 0 Å². The Balaban J connectivity index is 1.97. The third-order valence-electron chi connectivity index (χ3n) is 6.21. The number of hydrogen-bond acceptors (Lipinski definition) is 4. The van der Waals surface area contributed by atoms with E-state index in [1.165, 1.54) is 14.2 Å². The lowest BCUT2D eigenvalue weighted by Crippen LogP contribution is -2.96. The Kier molecular flexibility index (Phi) is 4.31. The second kappa shape index (κ2) is 6.56. The predicted octanol–water partition coefficient (Wildman–Crippen LogP) is 0.913. The van der Waals surface area contributed by atoms with Crippen LogP contribution in [0, 0.1) is 18.8 Å². The van der Waals surface area contributed by atoms with Crippen LogP contribution in [0.25, 0.3) is 0 Å². The summed E-state index contributed by atoms with van der Waals surface area (Å²) in [4.78, 5) is 40.5. The second-order valence-electron chi connectivity index (χ2n) is 7.51. The number of carbonyl (C=O) groups excluding carboxylic acids is 3. The molecule has 6 nitrogen and oxygen atoms in total. The maximum Gasteiger partial charge on any atom is 0.373 e. The third-order valence-corrected chi connectivity index (χ3v) is 6.21. The molecule has 2 aromatic rings. The van der Waals surface area contributed by atoms with Gasteiger partial charge < -0.3 is 10.1 Å². The molecule has 0 saturated carbocycles. The van der Waals surface area contributed by atoms with E-state index in [1.807, 2.05) is 66.8 Å². The molecular weight excluding hydrogens is 356 g/mol. The average Bonchev–Trinajstić information content (AvgIpc) is 3.19. The summed E-state index contributed by atoms with van der Waals surface area (Å²) in [5.41, 5.74) is 1.34. The number of imide groups is 1. The van der Waals surface area contributed by atoms with Crippen LogP contribution in [0.5, 0.6) is 0 Å². The zero-order chi connectivity index (χ0) is 20.1. The van der Waals surface area contributed by atoms with Crippen molar-refractivity contribution in [1.82, 2.24) is 4.90 Å². The Morgan fingerprint density at radius 3 is 2.32 bits per heavy atom. The molecule has 2 N–H and O–H groups in total. The SMILES string of the molecule is COC(=O)[C@@]1(c2ccccc2)[NH2+][C@H](c2ccccc2C)[C@@H]2C(=O)N(C)C(=O)[C@H]21. The summed E-state index contributed by atoms with van der Waals surface area (Å²) < 4.78 is 5.18. The van der Waals surface area contributed by atoms with Crippen LogP contribution in [-0.2, 0) is 24.7 Å². The molecule has 2 fully saturated rings. The number of amides is 2. The lowest BCUT2D eigenvalue weighted by Gasteiger charge is -2.29. The molecule has 2 aliphatic rings. The smallest absolute Gasteiger partial charge is 0.373 e. The van der Waals surface area contributed by atoms with Gasteiger partial charge in [0.1, 0.15) is 17.9 Å². The van der Waals surface area contributed by atoms with Gasteiger partial charge in [-0.2, -0.15) is 0 Å². The van der Waals surface area contributed by atoms with E-state index >= 15 is 0 Å². The van der Waals surface area contributed by atoms with Crippen molar-refractivity contribution < 1.29 is 24.4 Å². The first-order chi connectivity index (χ1) is 13.4.